The molecule has 0 aliphatic carbocycles. The van der Waals surface area contributed by atoms with Gasteiger partial charge >= 0.3 is 0 Å². The number of methoxy groups -OCH3 is 3. The third-order valence-corrected chi connectivity index (χ3v) is 7.31. The minimum Gasteiger partial charge on any atom is -0.497 e. The van der Waals surface area contributed by atoms with Crippen LogP contribution in [0.3, 0.4) is 0 Å². The number of ether oxygens (including phenoxy) is 3. The van der Waals surface area contributed by atoms with E-state index in [-0.39, 0.29) is 0 Å². The summed E-state index contributed by atoms with van der Waals surface area (Å²) in [7, 11) is 1.51. The van der Waals surface area contributed by atoms with Gasteiger partial charge in [0.25, 0.3) is 7.57 Å². The summed E-state index contributed by atoms with van der Waals surface area (Å²) in [5, 5.41) is 1.90. The molecule has 3 aromatic carbocycles. The molecule has 0 aliphatic heterocycles. The van der Waals surface area contributed by atoms with Gasteiger partial charge < -0.3 is 14.2 Å². The van der Waals surface area contributed by atoms with Crippen LogP contribution in [0.1, 0.15) is 0 Å². The highest BCUT2D eigenvalue weighted by Gasteiger charge is 2.48. The van der Waals surface area contributed by atoms with E-state index in [9.17, 15) is 0 Å². The molecule has 0 aromatic heterocycles. The van der Waals surface area contributed by atoms with Crippen molar-refractivity contribution in [3.8, 4) is 17.2 Å². The fourth-order valence-corrected chi connectivity index (χ4v) is 5.38. The molecule has 3 aromatic rings. The van der Waals surface area contributed by atoms with Crippen LogP contribution in [0.25, 0.3) is 0 Å². The van der Waals surface area contributed by atoms with Gasteiger partial charge in [-0.05, 0) is 77.0 Å². The molecule has 0 saturated carbocycles. The number of benzene rings is 3. The Labute approximate surface area is 153 Å². The summed E-state index contributed by atoms with van der Waals surface area (Å²) >= 11 is 0. The summed E-state index contributed by atoms with van der Waals surface area (Å²) < 4.78 is 32.3. The van der Waals surface area contributed by atoms with Crippen molar-refractivity contribution in [2.75, 3.05) is 21.3 Å². The predicted molar refractivity (Wildman–Crippen MR) is 106 cm³/mol. The van der Waals surface area contributed by atoms with E-state index in [0.29, 0.717) is 33.2 Å². The van der Waals surface area contributed by atoms with Gasteiger partial charge in [-0.15, -0.1) is 0 Å². The number of hydrogen-bond acceptors (Lipinski definition) is 3. The molecule has 0 amide bonds. The summed E-state index contributed by atoms with van der Waals surface area (Å²) in [4.78, 5) is 0. The van der Waals surface area contributed by atoms with E-state index in [0.717, 1.165) is 0 Å². The maximum atomic E-state index is 16.7. The van der Waals surface area contributed by atoms with Gasteiger partial charge in [0, 0.05) is 0 Å². The van der Waals surface area contributed by atoms with Crippen molar-refractivity contribution in [1.29, 1.82) is 0 Å². The average molecular weight is 371 g/mol. The fraction of sp³-hybridized carbons (Fsp3) is 0.143. The van der Waals surface area contributed by atoms with Crippen molar-refractivity contribution in [3.63, 3.8) is 0 Å². The average Bonchev–Trinajstić information content (AvgIpc) is 2.73. The Bertz CT molecular complexity index is 730. The lowest BCUT2D eigenvalue weighted by Crippen LogP contribution is -2.27. The smallest absolute Gasteiger partial charge is 0.298 e. The molecule has 26 heavy (non-hydrogen) atoms. The molecule has 0 spiro atoms. The minimum atomic E-state index is -3.28. The first-order valence-corrected chi connectivity index (χ1v) is 9.82. The van der Waals surface area contributed by atoms with Crippen LogP contribution in [0.5, 0.6) is 17.2 Å². The van der Waals surface area contributed by atoms with Crippen molar-refractivity contribution < 1.29 is 18.4 Å². The Morgan fingerprint density at radius 1 is 0.500 bits per heavy atom. The first-order chi connectivity index (χ1) is 12.6. The second-order valence-electron chi connectivity index (χ2n) is 5.68. The Morgan fingerprint density at radius 3 is 0.923 bits per heavy atom. The van der Waals surface area contributed by atoms with Crippen molar-refractivity contribution in [2.45, 2.75) is 0 Å². The van der Waals surface area contributed by atoms with E-state index in [1.807, 2.05) is 0 Å². The second kappa shape index (κ2) is 7.76. The van der Waals surface area contributed by atoms with Gasteiger partial charge in [0.15, 0.2) is 0 Å². The zero-order valence-electron chi connectivity index (χ0n) is 15.0. The Hall–Kier alpha value is -2.58. The van der Waals surface area contributed by atoms with E-state index in [4.69, 9.17) is 14.2 Å². The molecule has 3 nitrogen and oxygen atoms in total. The molecule has 0 atom stereocenters. The summed E-state index contributed by atoms with van der Waals surface area (Å²) in [6.07, 6.45) is 0. The molecule has 0 radical (unpaired) electrons. The lowest BCUT2D eigenvalue weighted by Gasteiger charge is -2.17. The van der Waals surface area contributed by atoms with E-state index < -0.39 is 7.57 Å². The maximum absolute atomic E-state index is 16.7. The van der Waals surface area contributed by atoms with Gasteiger partial charge in [-0.25, -0.2) is 0 Å². The molecule has 0 aliphatic rings. The Balaban J connectivity index is 2.15. The molecule has 0 fully saturated rings. The van der Waals surface area contributed by atoms with Gasteiger partial charge in [0.05, 0.1) is 21.3 Å². The van der Waals surface area contributed by atoms with Gasteiger partial charge in [-0.3, -0.25) is 0 Å². The molecule has 0 unspecified atom stereocenters. The van der Waals surface area contributed by atoms with Crippen LogP contribution in [-0.4, -0.2) is 21.3 Å². The van der Waals surface area contributed by atoms with Crippen LogP contribution in [0, 0.1) is 0 Å². The third-order valence-electron chi connectivity index (χ3n) is 4.28. The van der Waals surface area contributed by atoms with Crippen molar-refractivity contribution in [2.24, 2.45) is 0 Å². The van der Waals surface area contributed by atoms with Crippen LogP contribution in [0.2, 0.25) is 0 Å². The molecule has 3 rings (SSSR count). The van der Waals surface area contributed by atoms with E-state index in [1.165, 1.54) is 0 Å². The van der Waals surface area contributed by atoms with E-state index >= 15 is 4.20 Å². The molecule has 134 valence electrons. The summed E-state index contributed by atoms with van der Waals surface area (Å²) in [5.41, 5.74) is 0. The SMILES string of the molecule is COc1ccc([P+](F)(c2ccc(OC)cc2)c2ccc(OC)cc2)cc1. The van der Waals surface area contributed by atoms with Crippen molar-refractivity contribution in [1.82, 2.24) is 0 Å². The van der Waals surface area contributed by atoms with E-state index in [2.05, 4.69) is 0 Å². The number of hydrogen-bond donors (Lipinski definition) is 0. The van der Waals surface area contributed by atoms with Gasteiger partial charge in [0.2, 0.25) is 0 Å². The molecular weight excluding hydrogens is 350 g/mol. The van der Waals surface area contributed by atoms with Crippen LogP contribution in [0.4, 0.5) is 4.20 Å². The zero-order chi connectivity index (χ0) is 18.6. The summed E-state index contributed by atoms with van der Waals surface area (Å²) in [6, 6.07) is 21.5. The largest absolute Gasteiger partial charge is 0.497 e. The normalized spacial score (nSPS) is 11.1. The highest BCUT2D eigenvalue weighted by Crippen LogP contribution is 2.57. The highest BCUT2D eigenvalue weighted by atomic mass is 31.2. The van der Waals surface area contributed by atoms with Crippen molar-refractivity contribution in [3.05, 3.63) is 72.8 Å². The molecule has 0 saturated heterocycles. The molecular formula is C21H21FO3P+. The molecule has 0 bridgehead atoms. The lowest BCUT2D eigenvalue weighted by molar-refractivity contribution is 0.415. The maximum Gasteiger partial charge on any atom is 0.298 e. The lowest BCUT2D eigenvalue weighted by atomic mass is 10.3. The second-order valence-corrected chi connectivity index (χ2v) is 8.41. The molecule has 0 heterocycles. The van der Waals surface area contributed by atoms with Gasteiger partial charge in [0.1, 0.15) is 33.2 Å². The Kier molecular flexibility index (Phi) is 5.43. The van der Waals surface area contributed by atoms with Gasteiger partial charge in [-0.2, -0.15) is 0 Å². The van der Waals surface area contributed by atoms with Crippen LogP contribution in [0.15, 0.2) is 72.8 Å². The number of halogens is 1. The standard InChI is InChI=1S/C21H21FO3P/c1-23-16-4-10-19(11-5-16)26(22,20-12-6-17(24-2)7-13-20)21-14-8-18(25-3)9-15-21/h4-15H,1-3H3/q+1. The van der Waals surface area contributed by atoms with Crippen LogP contribution in [-0.2, 0) is 0 Å². The quantitative estimate of drug-likeness (QED) is 0.616. The zero-order valence-corrected chi connectivity index (χ0v) is 15.9. The molecule has 0 N–H and O–H groups in total. The molecule has 5 heteroatoms. The summed E-state index contributed by atoms with van der Waals surface area (Å²) in [6.45, 7) is 0. The van der Waals surface area contributed by atoms with E-state index in [1.54, 1.807) is 94.1 Å². The summed E-state index contributed by atoms with van der Waals surface area (Å²) in [5.74, 6) is 2.10. The fourth-order valence-electron chi connectivity index (χ4n) is 2.81. The highest BCUT2D eigenvalue weighted by molar-refractivity contribution is 7.91. The number of rotatable bonds is 6. The Morgan fingerprint density at radius 2 is 0.731 bits per heavy atom. The third kappa shape index (κ3) is 3.38. The van der Waals surface area contributed by atoms with Crippen LogP contribution < -0.4 is 30.1 Å². The van der Waals surface area contributed by atoms with Crippen LogP contribution >= 0.6 is 7.57 Å². The first kappa shape index (κ1) is 18.2. The minimum absolute atomic E-state index is 0.633. The first-order valence-electron chi connectivity index (χ1n) is 8.14. The monoisotopic (exact) mass is 371 g/mol. The topological polar surface area (TPSA) is 27.7 Å². The predicted octanol–water partition coefficient (Wildman–Crippen LogP) is 3.89. The van der Waals surface area contributed by atoms with Crippen molar-refractivity contribution >= 4 is 23.5 Å². The van der Waals surface area contributed by atoms with Gasteiger partial charge in [-0.1, -0.05) is 0 Å².